The van der Waals surface area contributed by atoms with E-state index in [0.717, 1.165) is 25.7 Å². The molecule has 0 radical (unpaired) electrons. The number of rotatable bonds is 1. The molecule has 3 heteroatoms. The van der Waals surface area contributed by atoms with Crippen LogP contribution in [0.25, 0.3) is 0 Å². The van der Waals surface area contributed by atoms with E-state index in [0.29, 0.717) is 0 Å². The maximum Gasteiger partial charge on any atom is 0.306 e. The maximum absolute atomic E-state index is 10.7. The van der Waals surface area contributed by atoms with Crippen molar-refractivity contribution in [3.8, 4) is 0 Å². The summed E-state index contributed by atoms with van der Waals surface area (Å²) in [7, 11) is 0. The van der Waals surface area contributed by atoms with Crippen LogP contribution in [0.15, 0.2) is 0 Å². The second kappa shape index (κ2) is 3.05. The second-order valence-corrected chi connectivity index (χ2v) is 3.82. The summed E-state index contributed by atoms with van der Waals surface area (Å²) in [5, 5.41) is 8.84. The van der Waals surface area contributed by atoms with Crippen molar-refractivity contribution >= 4 is 5.97 Å². The number of hydrogen-bond donors (Lipinski definition) is 1. The molecule has 0 unspecified atom stereocenters. The summed E-state index contributed by atoms with van der Waals surface area (Å²) >= 11 is 0. The van der Waals surface area contributed by atoms with Crippen LogP contribution in [0.2, 0.25) is 0 Å². The molecular weight excluding hydrogens is 156 g/mol. The van der Waals surface area contributed by atoms with Gasteiger partial charge in [-0.1, -0.05) is 0 Å². The Balaban J connectivity index is 2.00. The van der Waals surface area contributed by atoms with E-state index in [1.807, 2.05) is 0 Å². The van der Waals surface area contributed by atoms with Crippen molar-refractivity contribution in [3.05, 3.63) is 0 Å². The van der Waals surface area contributed by atoms with E-state index in [2.05, 4.69) is 0 Å². The minimum atomic E-state index is -0.643. The summed E-state index contributed by atoms with van der Waals surface area (Å²) in [5.41, 5.74) is 0. The molecule has 0 aromatic rings. The van der Waals surface area contributed by atoms with Crippen LogP contribution in [-0.2, 0) is 9.53 Å². The molecule has 0 spiro atoms. The van der Waals surface area contributed by atoms with Crippen LogP contribution in [0.1, 0.15) is 32.1 Å². The molecule has 68 valence electrons. The SMILES string of the molecule is O=C(O)C1C[C@@H]2CCC[C@@H](C1)O2. The van der Waals surface area contributed by atoms with E-state index in [-0.39, 0.29) is 18.1 Å². The number of ether oxygens (including phenoxy) is 1. The Labute approximate surface area is 71.7 Å². The highest BCUT2D eigenvalue weighted by Gasteiger charge is 2.35. The van der Waals surface area contributed by atoms with Crippen molar-refractivity contribution < 1.29 is 14.6 Å². The van der Waals surface area contributed by atoms with Crippen molar-refractivity contribution in [2.75, 3.05) is 0 Å². The molecule has 1 N–H and O–H groups in total. The number of carboxylic acid groups (broad SMARTS) is 1. The van der Waals surface area contributed by atoms with E-state index in [1.54, 1.807) is 0 Å². The fourth-order valence-corrected chi connectivity index (χ4v) is 2.26. The highest BCUT2D eigenvalue weighted by atomic mass is 16.5. The van der Waals surface area contributed by atoms with Crippen molar-refractivity contribution in [2.24, 2.45) is 5.92 Å². The van der Waals surface area contributed by atoms with Crippen LogP contribution in [0.5, 0.6) is 0 Å². The molecular formula is C9H14O3. The number of carbonyl (C=O) groups is 1. The topological polar surface area (TPSA) is 46.5 Å². The molecule has 0 saturated carbocycles. The molecule has 2 heterocycles. The van der Waals surface area contributed by atoms with E-state index in [1.165, 1.54) is 6.42 Å². The minimum absolute atomic E-state index is 0.144. The Morgan fingerprint density at radius 2 is 1.83 bits per heavy atom. The lowest BCUT2D eigenvalue weighted by atomic mass is 9.84. The second-order valence-electron chi connectivity index (χ2n) is 3.82. The van der Waals surface area contributed by atoms with E-state index in [4.69, 9.17) is 9.84 Å². The van der Waals surface area contributed by atoms with Gasteiger partial charge in [-0.3, -0.25) is 4.79 Å². The molecule has 2 atom stereocenters. The van der Waals surface area contributed by atoms with Gasteiger partial charge in [-0.15, -0.1) is 0 Å². The van der Waals surface area contributed by atoms with Gasteiger partial charge in [0.1, 0.15) is 0 Å². The fraction of sp³-hybridized carbons (Fsp3) is 0.889. The monoisotopic (exact) mass is 170 g/mol. The van der Waals surface area contributed by atoms with Crippen molar-refractivity contribution in [3.63, 3.8) is 0 Å². The van der Waals surface area contributed by atoms with E-state index in [9.17, 15) is 4.79 Å². The van der Waals surface area contributed by atoms with Gasteiger partial charge in [0.15, 0.2) is 0 Å². The fourth-order valence-electron chi connectivity index (χ4n) is 2.26. The maximum atomic E-state index is 10.7. The average molecular weight is 170 g/mol. The summed E-state index contributed by atoms with van der Waals surface area (Å²) in [4.78, 5) is 10.7. The summed E-state index contributed by atoms with van der Waals surface area (Å²) in [6, 6.07) is 0. The molecule has 2 fully saturated rings. The zero-order valence-electron chi connectivity index (χ0n) is 7.03. The molecule has 2 aliphatic heterocycles. The molecule has 3 nitrogen and oxygen atoms in total. The Morgan fingerprint density at radius 1 is 1.25 bits per heavy atom. The number of carboxylic acids is 1. The standard InChI is InChI=1S/C9H14O3/c10-9(11)6-4-7-2-1-3-8(5-6)12-7/h6-8H,1-5H2,(H,10,11)/t7-,8-/m0/s1. The molecule has 12 heavy (non-hydrogen) atoms. The number of fused-ring (bicyclic) bond motifs is 2. The minimum Gasteiger partial charge on any atom is -0.481 e. The largest absolute Gasteiger partial charge is 0.481 e. The van der Waals surface area contributed by atoms with Crippen LogP contribution in [0, 0.1) is 5.92 Å². The lowest BCUT2D eigenvalue weighted by molar-refractivity contribution is -0.155. The summed E-state index contributed by atoms with van der Waals surface area (Å²) in [6.45, 7) is 0. The first kappa shape index (κ1) is 8.05. The summed E-state index contributed by atoms with van der Waals surface area (Å²) in [5.74, 6) is -0.788. The first-order chi connectivity index (χ1) is 5.75. The molecule has 0 aliphatic carbocycles. The molecule has 2 bridgehead atoms. The molecule has 2 rings (SSSR count). The van der Waals surface area contributed by atoms with Gasteiger partial charge in [0.2, 0.25) is 0 Å². The van der Waals surface area contributed by atoms with Crippen LogP contribution in [-0.4, -0.2) is 23.3 Å². The predicted molar refractivity (Wildman–Crippen MR) is 42.9 cm³/mol. The molecule has 2 saturated heterocycles. The Kier molecular flexibility index (Phi) is 2.05. The van der Waals surface area contributed by atoms with Gasteiger partial charge in [-0.25, -0.2) is 0 Å². The highest BCUT2D eigenvalue weighted by Crippen LogP contribution is 2.34. The Hall–Kier alpha value is -0.570. The number of hydrogen-bond acceptors (Lipinski definition) is 2. The van der Waals surface area contributed by atoms with Crippen molar-refractivity contribution in [1.82, 2.24) is 0 Å². The van der Waals surface area contributed by atoms with Gasteiger partial charge < -0.3 is 9.84 Å². The normalized spacial score (nSPS) is 40.8. The smallest absolute Gasteiger partial charge is 0.306 e. The first-order valence-corrected chi connectivity index (χ1v) is 4.64. The molecule has 2 aliphatic rings. The Morgan fingerprint density at radius 3 is 2.33 bits per heavy atom. The third-order valence-corrected chi connectivity index (χ3v) is 2.88. The van der Waals surface area contributed by atoms with Gasteiger partial charge in [-0.2, -0.15) is 0 Å². The molecule has 0 aromatic carbocycles. The lowest BCUT2D eigenvalue weighted by Gasteiger charge is -2.37. The van der Waals surface area contributed by atoms with Crippen molar-refractivity contribution in [1.29, 1.82) is 0 Å². The quantitative estimate of drug-likeness (QED) is 0.647. The Bertz CT molecular complexity index is 178. The third kappa shape index (κ3) is 1.46. The van der Waals surface area contributed by atoms with E-state index >= 15 is 0 Å². The predicted octanol–water partition coefficient (Wildman–Crippen LogP) is 1.42. The third-order valence-electron chi connectivity index (χ3n) is 2.88. The highest BCUT2D eigenvalue weighted by molar-refractivity contribution is 5.70. The van der Waals surface area contributed by atoms with Crippen LogP contribution >= 0.6 is 0 Å². The zero-order valence-corrected chi connectivity index (χ0v) is 7.03. The lowest BCUT2D eigenvalue weighted by Crippen LogP contribution is -2.39. The van der Waals surface area contributed by atoms with Gasteiger partial charge in [0.05, 0.1) is 18.1 Å². The van der Waals surface area contributed by atoms with Gasteiger partial charge in [-0.05, 0) is 32.1 Å². The van der Waals surface area contributed by atoms with Crippen molar-refractivity contribution in [2.45, 2.75) is 44.3 Å². The summed E-state index contributed by atoms with van der Waals surface area (Å²) in [6.07, 6.45) is 5.25. The average Bonchev–Trinajstić information content (AvgIpc) is 2.03. The van der Waals surface area contributed by atoms with E-state index < -0.39 is 5.97 Å². The van der Waals surface area contributed by atoms with Gasteiger partial charge in [0.25, 0.3) is 0 Å². The van der Waals surface area contributed by atoms with Gasteiger partial charge >= 0.3 is 5.97 Å². The number of aliphatic carboxylic acids is 1. The van der Waals surface area contributed by atoms with Crippen LogP contribution < -0.4 is 0 Å². The van der Waals surface area contributed by atoms with Crippen LogP contribution in [0.3, 0.4) is 0 Å². The van der Waals surface area contributed by atoms with Crippen LogP contribution in [0.4, 0.5) is 0 Å². The first-order valence-electron chi connectivity index (χ1n) is 4.64. The van der Waals surface area contributed by atoms with Gasteiger partial charge in [0, 0.05) is 0 Å². The molecule has 0 amide bonds. The zero-order chi connectivity index (χ0) is 8.55. The molecule has 0 aromatic heterocycles. The summed E-state index contributed by atoms with van der Waals surface area (Å²) < 4.78 is 5.64.